The molecule has 1 atom stereocenters. The molecule has 0 aliphatic heterocycles. The number of carboxylic acids is 1. The maximum Gasteiger partial charge on any atom is 0.326 e. The van der Waals surface area contributed by atoms with E-state index in [9.17, 15) is 4.79 Å². The van der Waals surface area contributed by atoms with E-state index in [0.29, 0.717) is 17.8 Å². The number of likely N-dealkylation sites (N-methyl/N-ethyl adjacent to an activating group) is 1. The molecule has 84 valence electrons. The number of hydrogen-bond acceptors (Lipinski definition) is 4. The lowest BCUT2D eigenvalue weighted by molar-refractivity contribution is -0.138. The third kappa shape index (κ3) is 2.48. The largest absolute Gasteiger partial charge is 0.480 e. The molecule has 0 amide bonds. The lowest BCUT2D eigenvalue weighted by atomic mass is 10.2. The first-order valence-electron chi connectivity index (χ1n) is 4.92. The highest BCUT2D eigenvalue weighted by molar-refractivity contribution is 5.77. The molecule has 5 heteroatoms. The van der Waals surface area contributed by atoms with Crippen LogP contribution >= 0.6 is 0 Å². The highest BCUT2D eigenvalue weighted by atomic mass is 16.4. The number of rotatable bonds is 4. The normalized spacial score (nSPS) is 11.6. The number of hydrogen-bond donors (Lipinski definition) is 1. The lowest BCUT2D eigenvalue weighted by Gasteiger charge is -2.24. The summed E-state index contributed by atoms with van der Waals surface area (Å²) < 4.78 is 0. The van der Waals surface area contributed by atoms with Gasteiger partial charge in [-0.05, 0) is 18.6 Å². The second-order valence-corrected chi connectivity index (χ2v) is 3.39. The van der Waals surface area contributed by atoms with Crippen molar-refractivity contribution in [2.45, 2.75) is 19.4 Å². The molecule has 1 rings (SSSR count). The van der Waals surface area contributed by atoms with Crippen LogP contribution in [0.15, 0.2) is 18.3 Å². The monoisotopic (exact) mass is 219 g/mol. The maximum atomic E-state index is 11.0. The number of aromatic nitrogens is 1. The van der Waals surface area contributed by atoms with Crippen molar-refractivity contribution < 1.29 is 9.90 Å². The Morgan fingerprint density at radius 2 is 2.44 bits per heavy atom. The zero-order valence-corrected chi connectivity index (χ0v) is 9.21. The highest BCUT2D eigenvalue weighted by Crippen LogP contribution is 2.15. The zero-order chi connectivity index (χ0) is 12.1. The molecule has 0 aromatic carbocycles. The van der Waals surface area contributed by atoms with Crippen molar-refractivity contribution >= 4 is 11.8 Å². The Labute approximate surface area is 93.9 Å². The summed E-state index contributed by atoms with van der Waals surface area (Å²) in [5.41, 5.74) is 0.470. The van der Waals surface area contributed by atoms with E-state index < -0.39 is 12.0 Å². The Morgan fingerprint density at radius 3 is 2.94 bits per heavy atom. The van der Waals surface area contributed by atoms with Crippen LogP contribution in [0.2, 0.25) is 0 Å². The second kappa shape index (κ2) is 5.12. The standard InChI is InChI=1S/C11H13N3O2/c1-3-9(11(15)16)14(2)10-6-8(7-12)4-5-13-10/h4-6,9H,3H2,1-2H3,(H,15,16). The van der Waals surface area contributed by atoms with Crippen molar-refractivity contribution in [3.05, 3.63) is 23.9 Å². The molecule has 1 aromatic heterocycles. The Hall–Kier alpha value is -2.09. The summed E-state index contributed by atoms with van der Waals surface area (Å²) in [6, 6.07) is 4.53. The number of pyridine rings is 1. The van der Waals surface area contributed by atoms with Gasteiger partial charge in [0.2, 0.25) is 0 Å². The van der Waals surface area contributed by atoms with Crippen LogP contribution in [0, 0.1) is 11.3 Å². The highest BCUT2D eigenvalue weighted by Gasteiger charge is 2.21. The van der Waals surface area contributed by atoms with Crippen LogP contribution in [-0.4, -0.2) is 29.1 Å². The number of anilines is 1. The van der Waals surface area contributed by atoms with Gasteiger partial charge in [-0.1, -0.05) is 6.92 Å². The van der Waals surface area contributed by atoms with E-state index in [1.807, 2.05) is 6.07 Å². The average Bonchev–Trinajstić information content (AvgIpc) is 2.29. The van der Waals surface area contributed by atoms with Crippen LogP contribution in [0.3, 0.4) is 0 Å². The summed E-state index contributed by atoms with van der Waals surface area (Å²) in [7, 11) is 1.66. The van der Waals surface area contributed by atoms with Crippen molar-refractivity contribution in [1.29, 1.82) is 5.26 Å². The number of nitriles is 1. The Balaban J connectivity index is 2.99. The number of aliphatic carboxylic acids is 1. The molecular weight excluding hydrogens is 206 g/mol. The van der Waals surface area contributed by atoms with E-state index in [2.05, 4.69) is 4.98 Å². The minimum atomic E-state index is -0.894. The molecule has 0 fully saturated rings. The predicted molar refractivity (Wildman–Crippen MR) is 59.1 cm³/mol. The van der Waals surface area contributed by atoms with Crippen LogP contribution in [0.5, 0.6) is 0 Å². The van der Waals surface area contributed by atoms with Gasteiger partial charge in [-0.3, -0.25) is 0 Å². The fourth-order valence-electron chi connectivity index (χ4n) is 1.45. The molecular formula is C11H13N3O2. The summed E-state index contributed by atoms with van der Waals surface area (Å²) in [4.78, 5) is 16.6. The molecule has 0 bridgehead atoms. The first-order valence-corrected chi connectivity index (χ1v) is 4.92. The van der Waals surface area contributed by atoms with Gasteiger partial charge < -0.3 is 10.0 Å². The minimum absolute atomic E-state index is 0.470. The molecule has 0 saturated carbocycles. The van der Waals surface area contributed by atoms with Crippen LogP contribution in [0.4, 0.5) is 5.82 Å². The molecule has 0 radical (unpaired) electrons. The molecule has 1 unspecified atom stereocenters. The fraction of sp³-hybridized carbons (Fsp3) is 0.364. The Bertz CT molecular complexity index is 425. The van der Waals surface area contributed by atoms with Gasteiger partial charge in [0, 0.05) is 13.2 Å². The van der Waals surface area contributed by atoms with Crippen molar-refractivity contribution in [3.63, 3.8) is 0 Å². The third-order valence-electron chi connectivity index (χ3n) is 2.38. The summed E-state index contributed by atoms with van der Waals surface area (Å²) >= 11 is 0. The van der Waals surface area contributed by atoms with Crippen LogP contribution < -0.4 is 4.90 Å². The first kappa shape index (κ1) is 12.0. The van der Waals surface area contributed by atoms with Crippen molar-refractivity contribution in [2.24, 2.45) is 0 Å². The lowest BCUT2D eigenvalue weighted by Crippen LogP contribution is -2.38. The van der Waals surface area contributed by atoms with Gasteiger partial charge in [0.1, 0.15) is 11.9 Å². The van der Waals surface area contributed by atoms with Crippen LogP contribution in [-0.2, 0) is 4.79 Å². The summed E-state index contributed by atoms with van der Waals surface area (Å²) in [6.07, 6.45) is 1.98. The third-order valence-corrected chi connectivity index (χ3v) is 2.38. The van der Waals surface area contributed by atoms with Gasteiger partial charge in [-0.2, -0.15) is 5.26 Å². The van der Waals surface area contributed by atoms with Gasteiger partial charge in [-0.15, -0.1) is 0 Å². The SMILES string of the molecule is CCC(C(=O)O)N(C)c1cc(C#N)ccn1. The Kier molecular flexibility index (Phi) is 3.84. The zero-order valence-electron chi connectivity index (χ0n) is 9.21. The van der Waals surface area contributed by atoms with E-state index in [-0.39, 0.29) is 0 Å². The minimum Gasteiger partial charge on any atom is -0.480 e. The molecule has 0 saturated heterocycles. The molecule has 5 nitrogen and oxygen atoms in total. The van der Waals surface area contributed by atoms with Gasteiger partial charge in [0.05, 0.1) is 11.6 Å². The van der Waals surface area contributed by atoms with Gasteiger partial charge in [0.15, 0.2) is 0 Å². The van der Waals surface area contributed by atoms with E-state index in [1.165, 1.54) is 6.20 Å². The number of nitrogens with zero attached hydrogens (tertiary/aromatic N) is 3. The smallest absolute Gasteiger partial charge is 0.326 e. The maximum absolute atomic E-state index is 11.0. The topological polar surface area (TPSA) is 77.2 Å². The van der Waals surface area contributed by atoms with Crippen LogP contribution in [0.1, 0.15) is 18.9 Å². The summed E-state index contributed by atoms with van der Waals surface area (Å²) in [5, 5.41) is 17.7. The quantitative estimate of drug-likeness (QED) is 0.824. The van der Waals surface area contributed by atoms with E-state index in [1.54, 1.807) is 31.0 Å². The molecule has 0 spiro atoms. The van der Waals surface area contributed by atoms with E-state index in [4.69, 9.17) is 10.4 Å². The molecule has 0 aliphatic carbocycles. The number of carbonyl (C=O) groups is 1. The summed E-state index contributed by atoms with van der Waals surface area (Å²) in [6.45, 7) is 1.80. The summed E-state index contributed by atoms with van der Waals surface area (Å²) in [5.74, 6) is -0.400. The van der Waals surface area contributed by atoms with E-state index in [0.717, 1.165) is 0 Å². The predicted octanol–water partition coefficient (Wildman–Crippen LogP) is 1.25. The molecule has 1 aromatic rings. The van der Waals surface area contributed by atoms with Gasteiger partial charge >= 0.3 is 5.97 Å². The molecule has 1 N–H and O–H groups in total. The molecule has 16 heavy (non-hydrogen) atoms. The molecule has 1 heterocycles. The van der Waals surface area contributed by atoms with Crippen LogP contribution in [0.25, 0.3) is 0 Å². The molecule has 0 aliphatic rings. The van der Waals surface area contributed by atoms with E-state index >= 15 is 0 Å². The first-order chi connectivity index (χ1) is 7.60. The fourth-order valence-corrected chi connectivity index (χ4v) is 1.45. The Morgan fingerprint density at radius 1 is 1.75 bits per heavy atom. The number of carboxylic acid groups (broad SMARTS) is 1. The van der Waals surface area contributed by atoms with Gasteiger partial charge in [0.25, 0.3) is 0 Å². The van der Waals surface area contributed by atoms with Crippen molar-refractivity contribution in [2.75, 3.05) is 11.9 Å². The van der Waals surface area contributed by atoms with Crippen molar-refractivity contribution in [3.8, 4) is 6.07 Å². The average molecular weight is 219 g/mol. The second-order valence-electron chi connectivity index (χ2n) is 3.39. The van der Waals surface area contributed by atoms with Crippen molar-refractivity contribution in [1.82, 2.24) is 4.98 Å². The van der Waals surface area contributed by atoms with Gasteiger partial charge in [-0.25, -0.2) is 9.78 Å².